The van der Waals surface area contributed by atoms with Crippen LogP contribution < -0.4 is 10.1 Å². The van der Waals surface area contributed by atoms with Crippen LogP contribution in [0.1, 0.15) is 42.0 Å². The maximum Gasteiger partial charge on any atom is 0.231 e. The monoisotopic (exact) mass is 271 g/mol. The van der Waals surface area contributed by atoms with Gasteiger partial charge in [0.2, 0.25) is 5.89 Å². The second kappa shape index (κ2) is 4.90. The highest BCUT2D eigenvalue weighted by Crippen LogP contribution is 2.37. The van der Waals surface area contributed by atoms with E-state index in [0.717, 1.165) is 49.0 Å². The minimum absolute atomic E-state index is 0.0975. The summed E-state index contributed by atoms with van der Waals surface area (Å²) in [5, 5.41) is 7.55. The summed E-state index contributed by atoms with van der Waals surface area (Å²) in [4.78, 5) is 4.62. The van der Waals surface area contributed by atoms with Gasteiger partial charge in [-0.25, -0.2) is 0 Å². The minimum Gasteiger partial charge on any atom is -0.492 e. The summed E-state index contributed by atoms with van der Waals surface area (Å²) in [6.45, 7) is 2.61. The number of aromatic nitrogens is 2. The first-order valence-electron chi connectivity index (χ1n) is 7.18. The van der Waals surface area contributed by atoms with Crippen molar-refractivity contribution in [2.45, 2.75) is 24.7 Å². The largest absolute Gasteiger partial charge is 0.492 e. The Morgan fingerprint density at radius 2 is 2.20 bits per heavy atom. The maximum atomic E-state index is 5.69. The molecule has 0 spiro atoms. The number of para-hydroxylation sites is 1. The smallest absolute Gasteiger partial charge is 0.231 e. The summed E-state index contributed by atoms with van der Waals surface area (Å²) in [5.74, 6) is 2.89. The third kappa shape index (κ3) is 1.98. The molecule has 0 radical (unpaired) electrons. The predicted octanol–water partition coefficient (Wildman–Crippen LogP) is 2.06. The number of hydrogen-bond donors (Lipinski definition) is 1. The van der Waals surface area contributed by atoms with Gasteiger partial charge >= 0.3 is 0 Å². The molecule has 4 rings (SSSR count). The van der Waals surface area contributed by atoms with E-state index < -0.39 is 0 Å². The first-order chi connectivity index (χ1) is 9.92. The maximum absolute atomic E-state index is 5.69. The van der Waals surface area contributed by atoms with E-state index in [4.69, 9.17) is 9.26 Å². The molecule has 3 heterocycles. The minimum atomic E-state index is 0.0975. The summed E-state index contributed by atoms with van der Waals surface area (Å²) in [7, 11) is 0. The average Bonchev–Trinajstić information content (AvgIpc) is 3.14. The molecular weight excluding hydrogens is 254 g/mol. The molecule has 104 valence electrons. The van der Waals surface area contributed by atoms with Crippen LogP contribution in [-0.4, -0.2) is 29.8 Å². The lowest BCUT2D eigenvalue weighted by molar-refractivity contribution is 0.313. The molecule has 0 amide bonds. The number of nitrogens with one attached hydrogen (secondary N) is 1. The average molecular weight is 271 g/mol. The third-order valence-electron chi connectivity index (χ3n) is 4.12. The predicted molar refractivity (Wildman–Crippen MR) is 72.9 cm³/mol. The fourth-order valence-corrected chi connectivity index (χ4v) is 2.99. The van der Waals surface area contributed by atoms with Gasteiger partial charge in [0.05, 0.1) is 11.8 Å². The van der Waals surface area contributed by atoms with Crippen LogP contribution >= 0.6 is 0 Å². The molecule has 1 saturated heterocycles. The van der Waals surface area contributed by atoms with Gasteiger partial charge in [-0.2, -0.15) is 4.98 Å². The van der Waals surface area contributed by atoms with Crippen molar-refractivity contribution in [1.82, 2.24) is 15.5 Å². The molecule has 0 saturated carbocycles. The second-order valence-corrected chi connectivity index (χ2v) is 5.44. The Morgan fingerprint density at radius 3 is 3.10 bits per heavy atom. The topological polar surface area (TPSA) is 60.2 Å². The van der Waals surface area contributed by atoms with E-state index in [1.807, 2.05) is 18.2 Å². The second-order valence-electron chi connectivity index (χ2n) is 5.44. The van der Waals surface area contributed by atoms with Gasteiger partial charge in [-0.1, -0.05) is 23.4 Å². The van der Waals surface area contributed by atoms with Crippen molar-refractivity contribution in [2.24, 2.45) is 0 Å². The van der Waals surface area contributed by atoms with E-state index in [9.17, 15) is 0 Å². The molecule has 5 heteroatoms. The molecule has 0 bridgehead atoms. The number of piperidine rings is 1. The summed E-state index contributed by atoms with van der Waals surface area (Å²) in [6, 6.07) is 8.07. The lowest BCUT2D eigenvalue weighted by atomic mass is 9.99. The van der Waals surface area contributed by atoms with Crippen LogP contribution in [-0.2, 0) is 0 Å². The molecule has 2 atom stereocenters. The molecule has 1 N–H and O–H groups in total. The van der Waals surface area contributed by atoms with Gasteiger partial charge < -0.3 is 14.6 Å². The van der Waals surface area contributed by atoms with Gasteiger partial charge in [0, 0.05) is 12.1 Å². The summed E-state index contributed by atoms with van der Waals surface area (Å²) >= 11 is 0. The molecule has 0 aliphatic carbocycles. The van der Waals surface area contributed by atoms with Crippen molar-refractivity contribution in [1.29, 1.82) is 0 Å². The Kier molecular flexibility index (Phi) is 2.92. The third-order valence-corrected chi connectivity index (χ3v) is 4.12. The fraction of sp³-hybridized carbons (Fsp3) is 0.467. The molecule has 1 aromatic heterocycles. The van der Waals surface area contributed by atoms with E-state index >= 15 is 0 Å². The van der Waals surface area contributed by atoms with Crippen LogP contribution in [0.4, 0.5) is 0 Å². The van der Waals surface area contributed by atoms with Crippen molar-refractivity contribution in [2.75, 3.05) is 19.7 Å². The van der Waals surface area contributed by atoms with Crippen LogP contribution in [0.25, 0.3) is 0 Å². The summed E-state index contributed by atoms with van der Waals surface area (Å²) in [6.07, 6.45) is 2.28. The van der Waals surface area contributed by atoms with E-state index in [0.29, 0.717) is 12.5 Å². The van der Waals surface area contributed by atoms with Gasteiger partial charge in [-0.3, -0.25) is 0 Å². The SMILES string of the molecule is c1ccc2c(c1)OCC2c1noc(C2CCCNC2)n1. The highest BCUT2D eigenvalue weighted by molar-refractivity contribution is 5.42. The zero-order chi connectivity index (χ0) is 13.4. The number of fused-ring (bicyclic) bond motifs is 1. The summed E-state index contributed by atoms with van der Waals surface area (Å²) < 4.78 is 11.2. The van der Waals surface area contributed by atoms with Gasteiger partial charge in [0.15, 0.2) is 5.82 Å². The van der Waals surface area contributed by atoms with Gasteiger partial charge in [0.25, 0.3) is 0 Å². The Labute approximate surface area is 117 Å². The molecule has 2 aromatic rings. The number of ether oxygens (including phenoxy) is 1. The number of rotatable bonds is 2. The van der Waals surface area contributed by atoms with E-state index in [2.05, 4.69) is 21.5 Å². The van der Waals surface area contributed by atoms with E-state index in [1.54, 1.807) is 0 Å². The number of benzene rings is 1. The lowest BCUT2D eigenvalue weighted by Gasteiger charge is -2.18. The first-order valence-corrected chi connectivity index (χ1v) is 7.18. The lowest BCUT2D eigenvalue weighted by Crippen LogP contribution is -2.28. The van der Waals surface area contributed by atoms with Crippen molar-refractivity contribution in [3.05, 3.63) is 41.5 Å². The van der Waals surface area contributed by atoms with E-state index in [1.165, 1.54) is 0 Å². The number of nitrogens with zero attached hydrogens (tertiary/aromatic N) is 2. The standard InChI is InChI=1S/C15H17N3O2/c1-2-6-13-11(5-1)12(9-19-13)14-17-15(20-18-14)10-4-3-7-16-8-10/h1-2,5-6,10,12,16H,3-4,7-9H2. The zero-order valence-corrected chi connectivity index (χ0v) is 11.2. The van der Waals surface area contributed by atoms with Crippen molar-refractivity contribution in [3.63, 3.8) is 0 Å². The highest BCUT2D eigenvalue weighted by Gasteiger charge is 2.30. The van der Waals surface area contributed by atoms with Crippen LogP contribution in [0.3, 0.4) is 0 Å². The Balaban J connectivity index is 1.59. The molecular formula is C15H17N3O2. The first kappa shape index (κ1) is 11.9. The van der Waals surface area contributed by atoms with Gasteiger partial charge in [-0.05, 0) is 25.5 Å². The molecule has 1 aromatic carbocycles. The van der Waals surface area contributed by atoms with Crippen molar-refractivity contribution >= 4 is 0 Å². The van der Waals surface area contributed by atoms with Crippen LogP contribution in [0.5, 0.6) is 5.75 Å². The highest BCUT2D eigenvalue weighted by atomic mass is 16.5. The van der Waals surface area contributed by atoms with E-state index in [-0.39, 0.29) is 5.92 Å². The van der Waals surface area contributed by atoms with Crippen LogP contribution in [0.15, 0.2) is 28.8 Å². The van der Waals surface area contributed by atoms with Crippen LogP contribution in [0.2, 0.25) is 0 Å². The Morgan fingerprint density at radius 1 is 1.25 bits per heavy atom. The van der Waals surface area contributed by atoms with Crippen LogP contribution in [0, 0.1) is 0 Å². The van der Waals surface area contributed by atoms with Crippen molar-refractivity contribution in [3.8, 4) is 5.75 Å². The quantitative estimate of drug-likeness (QED) is 0.906. The molecule has 2 unspecified atom stereocenters. The molecule has 2 aliphatic heterocycles. The van der Waals surface area contributed by atoms with Gasteiger partial charge in [0.1, 0.15) is 12.4 Å². The van der Waals surface area contributed by atoms with Crippen molar-refractivity contribution < 1.29 is 9.26 Å². The fourth-order valence-electron chi connectivity index (χ4n) is 2.99. The molecule has 2 aliphatic rings. The Hall–Kier alpha value is -1.88. The Bertz CT molecular complexity index is 605. The molecule has 5 nitrogen and oxygen atoms in total. The number of hydrogen-bond acceptors (Lipinski definition) is 5. The zero-order valence-electron chi connectivity index (χ0n) is 11.2. The molecule has 1 fully saturated rings. The normalized spacial score (nSPS) is 25.2. The molecule has 20 heavy (non-hydrogen) atoms. The van der Waals surface area contributed by atoms with Gasteiger partial charge in [-0.15, -0.1) is 0 Å². The summed E-state index contributed by atoms with van der Waals surface area (Å²) in [5.41, 5.74) is 1.15.